The van der Waals surface area contributed by atoms with E-state index in [-0.39, 0.29) is 17.5 Å². The zero-order valence-electron chi connectivity index (χ0n) is 10.5. The van der Waals surface area contributed by atoms with Gasteiger partial charge in [-0.15, -0.1) is 10.2 Å². The number of aryl methyl sites for hydroxylation is 1. The summed E-state index contributed by atoms with van der Waals surface area (Å²) in [6, 6.07) is -0.741. The number of carbonyl (C=O) groups excluding carboxylic acids is 1. The van der Waals surface area contributed by atoms with Crippen LogP contribution in [0.1, 0.15) is 24.8 Å². The van der Waals surface area contributed by atoms with Gasteiger partial charge in [0.05, 0.1) is 11.5 Å². The van der Waals surface area contributed by atoms with Gasteiger partial charge >= 0.3 is 6.03 Å². The third-order valence-corrected chi connectivity index (χ3v) is 5.39. The maximum Gasteiger partial charge on any atom is 0.321 e. The summed E-state index contributed by atoms with van der Waals surface area (Å²) in [6.45, 7) is 2.04. The molecule has 7 nitrogen and oxygen atoms in total. The van der Waals surface area contributed by atoms with Crippen LogP contribution < -0.4 is 10.6 Å². The maximum atomic E-state index is 11.7. The van der Waals surface area contributed by atoms with Crippen molar-refractivity contribution in [3.8, 4) is 0 Å². The van der Waals surface area contributed by atoms with E-state index in [4.69, 9.17) is 0 Å². The van der Waals surface area contributed by atoms with Crippen molar-refractivity contribution in [1.29, 1.82) is 0 Å². The van der Waals surface area contributed by atoms with Gasteiger partial charge in [-0.1, -0.05) is 18.3 Å². The molecule has 0 aliphatic carbocycles. The van der Waals surface area contributed by atoms with Gasteiger partial charge in [0, 0.05) is 12.5 Å². The zero-order valence-corrected chi connectivity index (χ0v) is 12.2. The van der Waals surface area contributed by atoms with Gasteiger partial charge in [0.2, 0.25) is 5.13 Å². The van der Waals surface area contributed by atoms with Crippen LogP contribution >= 0.6 is 11.3 Å². The highest BCUT2D eigenvalue weighted by Gasteiger charge is 2.29. The quantitative estimate of drug-likeness (QED) is 0.856. The molecule has 1 aromatic heterocycles. The average molecular weight is 304 g/mol. The van der Waals surface area contributed by atoms with Gasteiger partial charge in [0.25, 0.3) is 0 Å². The number of urea groups is 1. The fourth-order valence-corrected chi connectivity index (χ4v) is 4.36. The van der Waals surface area contributed by atoms with E-state index in [0.29, 0.717) is 11.6 Å². The summed E-state index contributed by atoms with van der Waals surface area (Å²) in [5.74, 6) is 0.148. The van der Waals surface area contributed by atoms with Gasteiger partial charge < -0.3 is 5.32 Å². The first-order valence-electron chi connectivity index (χ1n) is 6.09. The van der Waals surface area contributed by atoms with E-state index in [1.54, 1.807) is 0 Å². The van der Waals surface area contributed by atoms with Gasteiger partial charge in [-0.2, -0.15) is 0 Å². The van der Waals surface area contributed by atoms with Crippen LogP contribution in [0.2, 0.25) is 0 Å². The Kier molecular flexibility index (Phi) is 4.35. The number of amides is 2. The van der Waals surface area contributed by atoms with Gasteiger partial charge in [-0.25, -0.2) is 13.2 Å². The fraction of sp³-hybridized carbons (Fsp3) is 0.700. The SMILES string of the molecule is CCCc1nnc(NC(=O)N[C@H]2CCS(=O)(=O)C2)s1. The summed E-state index contributed by atoms with van der Waals surface area (Å²) in [7, 11) is -2.99. The lowest BCUT2D eigenvalue weighted by molar-refractivity contribution is 0.249. The standard InChI is InChI=1S/C10H16N4O3S2/c1-2-3-8-13-14-10(18-8)12-9(15)11-7-4-5-19(16,17)6-7/h7H,2-6H2,1H3,(H2,11,12,14,15)/t7-/m0/s1. The maximum absolute atomic E-state index is 11.7. The van der Waals surface area contributed by atoms with Gasteiger partial charge in [0.1, 0.15) is 5.01 Å². The molecule has 1 aromatic rings. The summed E-state index contributed by atoms with van der Waals surface area (Å²) >= 11 is 1.33. The Hall–Kier alpha value is -1.22. The number of anilines is 1. The van der Waals surface area contributed by atoms with E-state index < -0.39 is 15.9 Å². The van der Waals surface area contributed by atoms with Gasteiger partial charge in [-0.3, -0.25) is 5.32 Å². The minimum Gasteiger partial charge on any atom is -0.334 e. The Morgan fingerprint density at radius 3 is 2.89 bits per heavy atom. The molecule has 2 amide bonds. The molecule has 1 aliphatic heterocycles. The van der Waals surface area contributed by atoms with E-state index in [1.165, 1.54) is 11.3 Å². The Morgan fingerprint density at radius 2 is 2.26 bits per heavy atom. The zero-order chi connectivity index (χ0) is 13.9. The molecule has 1 atom stereocenters. The minimum atomic E-state index is -2.99. The molecule has 1 fully saturated rings. The lowest BCUT2D eigenvalue weighted by atomic mass is 10.3. The Labute approximate surface area is 115 Å². The van der Waals surface area contributed by atoms with E-state index in [9.17, 15) is 13.2 Å². The lowest BCUT2D eigenvalue weighted by Gasteiger charge is -2.09. The molecule has 0 aromatic carbocycles. The molecule has 2 heterocycles. The van der Waals surface area contributed by atoms with E-state index in [2.05, 4.69) is 20.8 Å². The first-order chi connectivity index (χ1) is 8.98. The molecule has 1 saturated heterocycles. The lowest BCUT2D eigenvalue weighted by Crippen LogP contribution is -2.38. The van der Waals surface area contributed by atoms with Crippen molar-refractivity contribution in [2.24, 2.45) is 0 Å². The summed E-state index contributed by atoms with van der Waals surface area (Å²) < 4.78 is 22.5. The molecule has 9 heteroatoms. The van der Waals surface area contributed by atoms with Crippen LogP contribution in [0.5, 0.6) is 0 Å². The number of nitrogens with zero attached hydrogens (tertiary/aromatic N) is 2. The van der Waals surface area contributed by atoms with Crippen molar-refractivity contribution in [2.75, 3.05) is 16.8 Å². The second-order valence-electron chi connectivity index (χ2n) is 4.45. The Morgan fingerprint density at radius 1 is 1.47 bits per heavy atom. The third kappa shape index (κ3) is 4.13. The monoisotopic (exact) mass is 304 g/mol. The minimum absolute atomic E-state index is 0.0115. The number of sulfone groups is 1. The van der Waals surface area contributed by atoms with Crippen molar-refractivity contribution < 1.29 is 13.2 Å². The molecule has 0 radical (unpaired) electrons. The molecular weight excluding hydrogens is 288 g/mol. The van der Waals surface area contributed by atoms with E-state index in [0.717, 1.165) is 17.8 Å². The average Bonchev–Trinajstić information content (AvgIpc) is 2.86. The van der Waals surface area contributed by atoms with Crippen molar-refractivity contribution in [1.82, 2.24) is 15.5 Å². The number of aromatic nitrogens is 2. The van der Waals surface area contributed by atoms with Crippen LogP contribution in [0, 0.1) is 0 Å². The van der Waals surface area contributed by atoms with Crippen molar-refractivity contribution in [3.63, 3.8) is 0 Å². The normalized spacial score (nSPS) is 21.2. The molecule has 1 aliphatic rings. The second kappa shape index (κ2) is 5.83. The molecule has 2 rings (SSSR count). The Balaban J connectivity index is 1.84. The highest BCUT2D eigenvalue weighted by atomic mass is 32.2. The molecule has 2 N–H and O–H groups in total. The van der Waals surface area contributed by atoms with Gasteiger partial charge in [0.15, 0.2) is 9.84 Å². The first-order valence-corrected chi connectivity index (χ1v) is 8.72. The summed E-state index contributed by atoms with van der Waals surface area (Å²) in [5.41, 5.74) is 0. The molecule has 106 valence electrons. The van der Waals surface area contributed by atoms with Crippen molar-refractivity contribution in [3.05, 3.63) is 5.01 Å². The molecular formula is C10H16N4O3S2. The number of rotatable bonds is 4. The summed E-state index contributed by atoms with van der Waals surface area (Å²) in [6.07, 6.45) is 2.27. The number of carbonyl (C=O) groups is 1. The van der Waals surface area contributed by atoms with Crippen molar-refractivity contribution >= 4 is 32.3 Å². The smallest absolute Gasteiger partial charge is 0.321 e. The van der Waals surface area contributed by atoms with E-state index >= 15 is 0 Å². The molecule has 19 heavy (non-hydrogen) atoms. The number of nitrogens with one attached hydrogen (secondary N) is 2. The van der Waals surface area contributed by atoms with Crippen LogP contribution in [0.4, 0.5) is 9.93 Å². The largest absolute Gasteiger partial charge is 0.334 e. The van der Waals surface area contributed by atoms with Crippen molar-refractivity contribution in [2.45, 2.75) is 32.2 Å². The number of hydrogen-bond donors (Lipinski definition) is 2. The van der Waals surface area contributed by atoms with Crippen LogP contribution in [-0.4, -0.2) is 42.2 Å². The van der Waals surface area contributed by atoms with Crippen LogP contribution in [0.25, 0.3) is 0 Å². The van der Waals surface area contributed by atoms with Crippen LogP contribution in [0.15, 0.2) is 0 Å². The second-order valence-corrected chi connectivity index (χ2v) is 7.74. The van der Waals surface area contributed by atoms with Crippen LogP contribution in [0.3, 0.4) is 0 Å². The molecule has 0 unspecified atom stereocenters. The molecule has 0 spiro atoms. The fourth-order valence-electron chi connectivity index (χ4n) is 1.85. The summed E-state index contributed by atoms with van der Waals surface area (Å²) in [5, 5.41) is 14.3. The Bertz CT molecular complexity index is 555. The highest BCUT2D eigenvalue weighted by Crippen LogP contribution is 2.17. The molecule has 0 saturated carbocycles. The topological polar surface area (TPSA) is 101 Å². The predicted molar refractivity (Wildman–Crippen MR) is 73.1 cm³/mol. The molecule has 0 bridgehead atoms. The number of hydrogen-bond acceptors (Lipinski definition) is 6. The summed E-state index contributed by atoms with van der Waals surface area (Å²) in [4.78, 5) is 11.7. The highest BCUT2D eigenvalue weighted by molar-refractivity contribution is 7.91. The first kappa shape index (κ1) is 14.2. The van der Waals surface area contributed by atoms with E-state index in [1.807, 2.05) is 6.92 Å². The predicted octanol–water partition coefficient (Wildman–Crippen LogP) is 0.799. The van der Waals surface area contributed by atoms with Gasteiger partial charge in [-0.05, 0) is 12.8 Å². The third-order valence-electron chi connectivity index (χ3n) is 2.72. The van der Waals surface area contributed by atoms with Crippen LogP contribution in [-0.2, 0) is 16.3 Å².